The number of benzene rings is 1. The van der Waals surface area contributed by atoms with Gasteiger partial charge in [-0.25, -0.2) is 0 Å². The van der Waals surface area contributed by atoms with Crippen LogP contribution in [0.2, 0.25) is 5.02 Å². The second-order valence-electron chi connectivity index (χ2n) is 5.73. The molecule has 3 aromatic heterocycles. The lowest BCUT2D eigenvalue weighted by molar-refractivity contribution is 0.00813. The minimum atomic E-state index is -3.16. The van der Waals surface area contributed by atoms with E-state index >= 15 is 0 Å². The van der Waals surface area contributed by atoms with Crippen LogP contribution in [0.15, 0.2) is 24.5 Å². The van der Waals surface area contributed by atoms with Crippen LogP contribution in [-0.2, 0) is 5.92 Å². The number of rotatable bonds is 3. The summed E-state index contributed by atoms with van der Waals surface area (Å²) < 4.78 is 27.0. The molecule has 130 valence electrons. The zero-order valence-electron chi connectivity index (χ0n) is 13.2. The molecule has 0 atom stereocenters. The lowest BCUT2D eigenvalue weighted by atomic mass is 10.0. The summed E-state index contributed by atoms with van der Waals surface area (Å²) in [5, 5.41) is 24.4. The van der Waals surface area contributed by atoms with Gasteiger partial charge in [0.1, 0.15) is 6.07 Å². The van der Waals surface area contributed by atoms with E-state index in [1.807, 2.05) is 0 Å². The number of fused-ring (bicyclic) bond motifs is 1. The molecule has 0 bridgehead atoms. The van der Waals surface area contributed by atoms with Gasteiger partial charge in [0.15, 0.2) is 5.82 Å². The third-order valence-corrected chi connectivity index (χ3v) is 4.28. The Labute approximate surface area is 150 Å². The quantitative estimate of drug-likeness (QED) is 0.504. The second-order valence-corrected chi connectivity index (χ2v) is 6.14. The van der Waals surface area contributed by atoms with Gasteiger partial charge in [-0.05, 0) is 6.07 Å². The Morgan fingerprint density at radius 1 is 1.23 bits per heavy atom. The highest BCUT2D eigenvalue weighted by atomic mass is 35.5. The first-order valence-corrected chi connectivity index (χ1v) is 7.82. The number of hydrogen-bond donors (Lipinski definition) is 3. The van der Waals surface area contributed by atoms with Crippen LogP contribution in [0.4, 0.5) is 8.78 Å². The highest BCUT2D eigenvalue weighted by molar-refractivity contribution is 6.33. The summed E-state index contributed by atoms with van der Waals surface area (Å²) in [4.78, 5) is 5.60. The highest BCUT2D eigenvalue weighted by Gasteiger charge is 2.30. The van der Waals surface area contributed by atoms with Gasteiger partial charge in [0.05, 0.1) is 28.0 Å². The van der Waals surface area contributed by atoms with Gasteiger partial charge in [-0.15, -0.1) is 10.2 Å². The molecule has 0 aliphatic heterocycles. The van der Waals surface area contributed by atoms with Crippen molar-refractivity contribution in [3.8, 4) is 28.7 Å². The SMILES string of the molecule is CC(F)(F)c1nnc(-c2[nH]c3c(C#N)c(Cl)ccc3c2-c2cn[nH]c2)[nH]1. The zero-order chi connectivity index (χ0) is 18.5. The largest absolute Gasteiger partial charge is 0.350 e. The molecular weight excluding hydrogens is 364 g/mol. The number of nitrogens with one attached hydrogen (secondary N) is 3. The average Bonchev–Trinajstić information content (AvgIpc) is 3.31. The fourth-order valence-corrected chi connectivity index (χ4v) is 2.98. The predicted octanol–water partition coefficient (Wildman–Crippen LogP) is 3.98. The fraction of sp³-hybridized carbons (Fsp3) is 0.125. The summed E-state index contributed by atoms with van der Waals surface area (Å²) in [7, 11) is 0. The number of aromatic amines is 3. The normalized spacial score (nSPS) is 11.8. The summed E-state index contributed by atoms with van der Waals surface area (Å²) in [6.07, 6.45) is 3.23. The van der Waals surface area contributed by atoms with Gasteiger partial charge < -0.3 is 9.97 Å². The smallest absolute Gasteiger partial charge is 0.303 e. The molecule has 0 fully saturated rings. The molecule has 0 radical (unpaired) electrons. The number of nitrogens with zero attached hydrogens (tertiary/aromatic N) is 4. The minimum Gasteiger partial charge on any atom is -0.350 e. The summed E-state index contributed by atoms with van der Waals surface area (Å²) in [5.41, 5.74) is 2.47. The van der Waals surface area contributed by atoms with E-state index in [-0.39, 0.29) is 16.4 Å². The topological polar surface area (TPSA) is 110 Å². The summed E-state index contributed by atoms with van der Waals surface area (Å²) in [6, 6.07) is 5.40. The Balaban J connectivity index is 2.04. The Hall–Kier alpha value is -3.25. The van der Waals surface area contributed by atoms with Gasteiger partial charge in [0.25, 0.3) is 0 Å². The van der Waals surface area contributed by atoms with Crippen molar-refractivity contribution in [3.05, 3.63) is 40.9 Å². The van der Waals surface area contributed by atoms with Gasteiger partial charge in [0, 0.05) is 29.6 Å². The first kappa shape index (κ1) is 16.2. The fourth-order valence-electron chi connectivity index (χ4n) is 2.78. The van der Waals surface area contributed by atoms with E-state index in [2.05, 4.69) is 36.4 Å². The Bertz CT molecular complexity index is 1150. The van der Waals surface area contributed by atoms with E-state index in [4.69, 9.17) is 11.6 Å². The third kappa shape index (κ3) is 2.43. The molecule has 3 N–H and O–H groups in total. The van der Waals surface area contributed by atoms with E-state index in [1.54, 1.807) is 24.5 Å². The van der Waals surface area contributed by atoms with Crippen molar-refractivity contribution < 1.29 is 8.78 Å². The van der Waals surface area contributed by atoms with Crippen molar-refractivity contribution >= 4 is 22.5 Å². The van der Waals surface area contributed by atoms with Gasteiger partial charge in [-0.1, -0.05) is 17.7 Å². The molecular formula is C16H10ClF2N7. The van der Waals surface area contributed by atoms with Crippen LogP contribution in [0.3, 0.4) is 0 Å². The first-order valence-electron chi connectivity index (χ1n) is 7.45. The van der Waals surface area contributed by atoms with E-state index in [0.717, 1.165) is 6.92 Å². The maximum atomic E-state index is 13.5. The minimum absolute atomic E-state index is 0.119. The van der Waals surface area contributed by atoms with Crippen molar-refractivity contribution in [3.63, 3.8) is 0 Å². The van der Waals surface area contributed by atoms with E-state index in [0.29, 0.717) is 27.7 Å². The standard InChI is InChI=1S/C16H10ClF2N7/c1-16(18,19)15-24-14(25-26-15)13-11(7-5-21-22-6-7)8-2-3-10(17)9(4-20)12(8)23-13/h2-3,5-6,23H,1H3,(H,21,22)(H,24,25,26). The molecule has 0 amide bonds. The van der Waals surface area contributed by atoms with Crippen LogP contribution >= 0.6 is 11.6 Å². The molecule has 10 heteroatoms. The maximum absolute atomic E-state index is 13.5. The summed E-state index contributed by atoms with van der Waals surface area (Å²) in [5.74, 6) is -3.59. The van der Waals surface area contributed by atoms with Crippen LogP contribution in [0, 0.1) is 11.3 Å². The van der Waals surface area contributed by atoms with Crippen LogP contribution in [-0.4, -0.2) is 30.4 Å². The molecule has 26 heavy (non-hydrogen) atoms. The van der Waals surface area contributed by atoms with E-state index in [9.17, 15) is 14.0 Å². The molecule has 4 aromatic rings. The van der Waals surface area contributed by atoms with Gasteiger partial charge in [0.2, 0.25) is 5.82 Å². The molecule has 7 nitrogen and oxygen atoms in total. The van der Waals surface area contributed by atoms with Gasteiger partial charge in [-0.2, -0.15) is 19.1 Å². The van der Waals surface area contributed by atoms with Gasteiger partial charge in [-0.3, -0.25) is 5.10 Å². The van der Waals surface area contributed by atoms with Crippen molar-refractivity contribution in [2.75, 3.05) is 0 Å². The molecule has 4 rings (SSSR count). The predicted molar refractivity (Wildman–Crippen MR) is 90.6 cm³/mol. The van der Waals surface area contributed by atoms with Gasteiger partial charge >= 0.3 is 5.92 Å². The number of aromatic nitrogens is 6. The molecule has 0 saturated heterocycles. The molecule has 1 aromatic carbocycles. The van der Waals surface area contributed by atoms with Crippen molar-refractivity contribution in [1.82, 2.24) is 30.4 Å². The molecule has 0 spiro atoms. The Morgan fingerprint density at radius 2 is 2.04 bits per heavy atom. The number of hydrogen-bond acceptors (Lipinski definition) is 4. The average molecular weight is 374 g/mol. The molecule has 0 aliphatic rings. The maximum Gasteiger partial charge on any atom is 0.303 e. The van der Waals surface area contributed by atoms with E-state index in [1.165, 1.54) is 0 Å². The molecule has 3 heterocycles. The molecule has 0 unspecified atom stereocenters. The van der Waals surface area contributed by atoms with Crippen molar-refractivity contribution in [1.29, 1.82) is 5.26 Å². The van der Waals surface area contributed by atoms with Crippen molar-refractivity contribution in [2.45, 2.75) is 12.8 Å². The number of alkyl halides is 2. The third-order valence-electron chi connectivity index (χ3n) is 3.96. The van der Waals surface area contributed by atoms with Crippen LogP contribution in [0.25, 0.3) is 33.5 Å². The Morgan fingerprint density at radius 3 is 2.65 bits per heavy atom. The van der Waals surface area contributed by atoms with E-state index < -0.39 is 11.7 Å². The van der Waals surface area contributed by atoms with Crippen LogP contribution in [0.1, 0.15) is 18.3 Å². The number of H-pyrrole nitrogens is 3. The van der Waals surface area contributed by atoms with Crippen LogP contribution in [0.5, 0.6) is 0 Å². The Kier molecular flexibility index (Phi) is 3.52. The number of nitriles is 1. The van der Waals surface area contributed by atoms with Crippen molar-refractivity contribution in [2.24, 2.45) is 0 Å². The second kappa shape index (κ2) is 5.64. The first-order chi connectivity index (χ1) is 12.4. The summed E-state index contributed by atoms with van der Waals surface area (Å²) in [6.45, 7) is 0.729. The molecule has 0 aliphatic carbocycles. The monoisotopic (exact) mass is 373 g/mol. The highest BCUT2D eigenvalue weighted by Crippen LogP contribution is 2.39. The number of halogens is 3. The zero-order valence-corrected chi connectivity index (χ0v) is 14.0. The molecule has 0 saturated carbocycles. The lowest BCUT2D eigenvalue weighted by Crippen LogP contribution is -2.09. The summed E-state index contributed by atoms with van der Waals surface area (Å²) >= 11 is 6.10. The lowest BCUT2D eigenvalue weighted by Gasteiger charge is -2.04. The van der Waals surface area contributed by atoms with Crippen LogP contribution < -0.4 is 0 Å².